The molecule has 0 bridgehead atoms. The Morgan fingerprint density at radius 1 is 1.06 bits per heavy atom. The van der Waals surface area contributed by atoms with Crippen LogP contribution in [0.25, 0.3) is 0 Å². The lowest BCUT2D eigenvalue weighted by Crippen LogP contribution is -2.35. The van der Waals surface area contributed by atoms with Crippen LogP contribution >= 0.6 is 0 Å². The lowest BCUT2D eigenvalue weighted by atomic mass is 9.93. The summed E-state index contributed by atoms with van der Waals surface area (Å²) in [6.45, 7) is 1.60. The van der Waals surface area contributed by atoms with Gasteiger partial charge in [-0.1, -0.05) is 37.5 Å². The first-order valence-electron chi connectivity index (χ1n) is 10.9. The van der Waals surface area contributed by atoms with Crippen molar-refractivity contribution in [3.63, 3.8) is 0 Å². The molecule has 0 aliphatic heterocycles. The topological polar surface area (TPSA) is 58.4 Å². The number of pyridine rings is 1. The molecule has 0 atom stereocenters. The van der Waals surface area contributed by atoms with Gasteiger partial charge in [0.25, 0.3) is 5.91 Å². The maximum absolute atomic E-state index is 13.7. The van der Waals surface area contributed by atoms with E-state index in [-0.39, 0.29) is 11.7 Å². The zero-order valence-corrected chi connectivity index (χ0v) is 17.6. The number of amides is 1. The molecule has 3 aromatic rings. The Balaban J connectivity index is 1.41. The van der Waals surface area contributed by atoms with Crippen molar-refractivity contribution in [1.82, 2.24) is 15.2 Å². The van der Waals surface area contributed by atoms with Gasteiger partial charge in [-0.15, -0.1) is 0 Å². The van der Waals surface area contributed by atoms with Gasteiger partial charge in [0, 0.05) is 18.8 Å². The van der Waals surface area contributed by atoms with Gasteiger partial charge >= 0.3 is 0 Å². The van der Waals surface area contributed by atoms with Crippen LogP contribution in [0.1, 0.15) is 59.7 Å². The van der Waals surface area contributed by atoms with Gasteiger partial charge in [0.05, 0.1) is 18.8 Å². The number of carbonyl (C=O) groups excluding carboxylic acids is 1. The molecule has 0 spiro atoms. The molecule has 1 amide bonds. The molecular formula is C25H28FN3O2. The van der Waals surface area contributed by atoms with Crippen LogP contribution in [0.15, 0.2) is 65.2 Å². The molecule has 1 saturated carbocycles. The number of nitrogens with zero attached hydrogens (tertiary/aromatic N) is 2. The first-order valence-corrected chi connectivity index (χ1v) is 10.9. The molecule has 162 valence electrons. The molecule has 1 aliphatic carbocycles. The lowest BCUT2D eigenvalue weighted by Gasteiger charge is -2.34. The van der Waals surface area contributed by atoms with Crippen LogP contribution in [0.3, 0.4) is 0 Å². The third-order valence-corrected chi connectivity index (χ3v) is 5.77. The summed E-state index contributed by atoms with van der Waals surface area (Å²) >= 11 is 0. The number of hydrogen-bond donors (Lipinski definition) is 1. The molecule has 5 nitrogen and oxygen atoms in total. The van der Waals surface area contributed by atoms with Gasteiger partial charge in [0.15, 0.2) is 5.76 Å². The number of benzene rings is 1. The van der Waals surface area contributed by atoms with E-state index < -0.39 is 0 Å². The molecule has 4 rings (SSSR count). The summed E-state index contributed by atoms with van der Waals surface area (Å²) in [5.41, 5.74) is 1.74. The van der Waals surface area contributed by atoms with E-state index in [0.29, 0.717) is 31.4 Å². The van der Waals surface area contributed by atoms with E-state index in [4.69, 9.17) is 4.42 Å². The van der Waals surface area contributed by atoms with Gasteiger partial charge in [-0.25, -0.2) is 4.39 Å². The molecule has 1 aromatic carbocycles. The van der Waals surface area contributed by atoms with E-state index >= 15 is 0 Å². The van der Waals surface area contributed by atoms with Crippen LogP contribution in [0.2, 0.25) is 0 Å². The van der Waals surface area contributed by atoms with Gasteiger partial charge in [0.2, 0.25) is 0 Å². The van der Waals surface area contributed by atoms with Crippen LogP contribution in [-0.2, 0) is 19.6 Å². The highest BCUT2D eigenvalue weighted by atomic mass is 19.1. The van der Waals surface area contributed by atoms with Gasteiger partial charge in [-0.2, -0.15) is 0 Å². The third-order valence-electron chi connectivity index (χ3n) is 5.77. The van der Waals surface area contributed by atoms with Crippen molar-refractivity contribution in [2.45, 2.75) is 57.8 Å². The van der Waals surface area contributed by atoms with Gasteiger partial charge in [-0.05, 0) is 54.8 Å². The van der Waals surface area contributed by atoms with Crippen molar-refractivity contribution in [2.75, 3.05) is 0 Å². The summed E-state index contributed by atoms with van der Waals surface area (Å²) in [4.78, 5) is 19.0. The summed E-state index contributed by atoms with van der Waals surface area (Å²) in [6, 6.07) is 16.4. The quantitative estimate of drug-likeness (QED) is 0.551. The number of aromatic nitrogens is 1. The van der Waals surface area contributed by atoms with E-state index in [0.717, 1.165) is 29.9 Å². The van der Waals surface area contributed by atoms with E-state index in [1.165, 1.54) is 25.3 Å². The SMILES string of the molecule is O=C(NCc1ccccn1)c1ccc(CN(Cc2cccc(F)c2)C2CCCCC2)o1. The highest BCUT2D eigenvalue weighted by Crippen LogP contribution is 2.26. The lowest BCUT2D eigenvalue weighted by molar-refractivity contribution is 0.0912. The summed E-state index contributed by atoms with van der Waals surface area (Å²) in [5, 5.41) is 2.84. The van der Waals surface area contributed by atoms with Crippen LogP contribution in [0, 0.1) is 5.82 Å². The standard InChI is InChI=1S/C25H28FN3O2/c26-20-8-6-7-19(15-20)17-29(22-10-2-1-3-11-22)18-23-12-13-24(31-23)25(30)28-16-21-9-4-5-14-27-21/h4-9,12-15,22H,1-3,10-11,16-18H2,(H,28,30). The average Bonchev–Trinajstić information content (AvgIpc) is 3.27. The minimum Gasteiger partial charge on any atom is -0.455 e. The van der Waals surface area contributed by atoms with Crippen molar-refractivity contribution in [1.29, 1.82) is 0 Å². The first kappa shape index (κ1) is 21.2. The zero-order valence-electron chi connectivity index (χ0n) is 17.6. The van der Waals surface area contributed by atoms with Gasteiger partial charge < -0.3 is 9.73 Å². The molecule has 6 heteroatoms. The number of rotatable bonds is 8. The number of halogens is 1. The van der Waals surface area contributed by atoms with Crippen LogP contribution in [-0.4, -0.2) is 21.8 Å². The molecule has 1 fully saturated rings. The smallest absolute Gasteiger partial charge is 0.287 e. The van der Waals surface area contributed by atoms with Crippen LogP contribution in [0.5, 0.6) is 0 Å². The Hall–Kier alpha value is -2.99. The summed E-state index contributed by atoms with van der Waals surface area (Å²) in [6.07, 6.45) is 7.66. The number of hydrogen-bond acceptors (Lipinski definition) is 4. The highest BCUT2D eigenvalue weighted by Gasteiger charge is 2.23. The van der Waals surface area contributed by atoms with Gasteiger partial charge in [-0.3, -0.25) is 14.7 Å². The normalized spacial score (nSPS) is 14.6. The minimum absolute atomic E-state index is 0.217. The summed E-state index contributed by atoms with van der Waals surface area (Å²) in [5.74, 6) is 0.558. The highest BCUT2D eigenvalue weighted by molar-refractivity contribution is 5.91. The summed E-state index contributed by atoms with van der Waals surface area (Å²) in [7, 11) is 0. The fourth-order valence-corrected chi connectivity index (χ4v) is 4.18. The van der Waals surface area contributed by atoms with E-state index in [2.05, 4.69) is 15.2 Å². The zero-order chi connectivity index (χ0) is 21.5. The van der Waals surface area contributed by atoms with Gasteiger partial charge in [0.1, 0.15) is 11.6 Å². The van der Waals surface area contributed by atoms with Crippen LogP contribution in [0.4, 0.5) is 4.39 Å². The summed E-state index contributed by atoms with van der Waals surface area (Å²) < 4.78 is 19.6. The molecule has 1 aliphatic rings. The van der Waals surface area contributed by atoms with Crippen molar-refractivity contribution in [2.24, 2.45) is 0 Å². The molecule has 0 saturated heterocycles. The predicted molar refractivity (Wildman–Crippen MR) is 117 cm³/mol. The second kappa shape index (κ2) is 10.4. The molecule has 2 aromatic heterocycles. The molecule has 2 heterocycles. The second-order valence-electron chi connectivity index (χ2n) is 8.10. The Labute approximate surface area is 182 Å². The Kier molecular flexibility index (Phi) is 7.10. The van der Waals surface area contributed by atoms with Crippen molar-refractivity contribution < 1.29 is 13.6 Å². The molecule has 31 heavy (non-hydrogen) atoms. The maximum Gasteiger partial charge on any atom is 0.287 e. The predicted octanol–water partition coefficient (Wildman–Crippen LogP) is 5.08. The largest absolute Gasteiger partial charge is 0.455 e. The van der Waals surface area contributed by atoms with Crippen LogP contribution < -0.4 is 5.32 Å². The Bertz CT molecular complexity index is 983. The maximum atomic E-state index is 13.7. The van der Waals surface area contributed by atoms with Crippen molar-refractivity contribution in [3.8, 4) is 0 Å². The Morgan fingerprint density at radius 2 is 1.94 bits per heavy atom. The fourth-order valence-electron chi connectivity index (χ4n) is 4.18. The van der Waals surface area contributed by atoms with Crippen molar-refractivity contribution >= 4 is 5.91 Å². The first-order chi connectivity index (χ1) is 15.2. The average molecular weight is 422 g/mol. The monoisotopic (exact) mass is 421 g/mol. The number of nitrogens with one attached hydrogen (secondary N) is 1. The van der Waals surface area contributed by atoms with E-state index in [1.807, 2.05) is 30.3 Å². The van der Waals surface area contributed by atoms with E-state index in [9.17, 15) is 9.18 Å². The number of furan rings is 1. The minimum atomic E-state index is -0.258. The number of carbonyl (C=O) groups is 1. The Morgan fingerprint density at radius 3 is 2.71 bits per heavy atom. The molecule has 1 N–H and O–H groups in total. The third kappa shape index (κ3) is 6.01. The van der Waals surface area contributed by atoms with E-state index in [1.54, 1.807) is 24.4 Å². The van der Waals surface area contributed by atoms with Crippen molar-refractivity contribution in [3.05, 3.63) is 89.4 Å². The molecule has 0 radical (unpaired) electrons. The second-order valence-corrected chi connectivity index (χ2v) is 8.10. The molecular weight excluding hydrogens is 393 g/mol. The molecule has 0 unspecified atom stereocenters. The fraction of sp³-hybridized carbons (Fsp3) is 0.360.